The summed E-state index contributed by atoms with van der Waals surface area (Å²) in [5.41, 5.74) is 1.15. The summed E-state index contributed by atoms with van der Waals surface area (Å²) in [6.07, 6.45) is 0.0576. The van der Waals surface area contributed by atoms with Crippen LogP contribution in [0, 0.1) is 0 Å². The first-order chi connectivity index (χ1) is 8.49. The fourth-order valence-corrected chi connectivity index (χ4v) is 1.66. The third-order valence-electron chi connectivity index (χ3n) is 2.84. The van der Waals surface area contributed by atoms with Crippen LogP contribution in [0.1, 0.15) is 24.2 Å². The van der Waals surface area contributed by atoms with Gasteiger partial charge in [0.1, 0.15) is 0 Å². The highest BCUT2D eigenvalue weighted by Gasteiger charge is 2.14. The van der Waals surface area contributed by atoms with E-state index < -0.39 is 5.97 Å². The number of nitrogens with one attached hydrogen (secondary N) is 1. The second-order valence-corrected chi connectivity index (χ2v) is 4.47. The van der Waals surface area contributed by atoms with Gasteiger partial charge in [-0.15, -0.1) is 0 Å². The Labute approximate surface area is 112 Å². The summed E-state index contributed by atoms with van der Waals surface area (Å²) >= 11 is 5.94. The van der Waals surface area contributed by atoms with E-state index in [9.17, 15) is 4.79 Å². The molecule has 0 saturated carbocycles. The molecule has 100 valence electrons. The third-order valence-corrected chi connectivity index (χ3v) is 3.17. The minimum atomic E-state index is -0.448. The minimum Gasteiger partial charge on any atom is -0.465 e. The van der Waals surface area contributed by atoms with Crippen molar-refractivity contribution in [3.63, 3.8) is 0 Å². The molecule has 1 rings (SSSR count). The Bertz CT molecular complexity index is 423. The standard InChI is InChI=1S/C13H18ClNO3/c1-8(9(2)17-3)15-10-5-6-12(14)11(7-10)13(16)18-4/h5-9,15H,1-4H3. The topological polar surface area (TPSA) is 47.6 Å². The Morgan fingerprint density at radius 3 is 2.56 bits per heavy atom. The van der Waals surface area contributed by atoms with Crippen LogP contribution in [0.2, 0.25) is 5.02 Å². The van der Waals surface area contributed by atoms with Gasteiger partial charge in [0.2, 0.25) is 0 Å². The number of esters is 1. The van der Waals surface area contributed by atoms with E-state index in [4.69, 9.17) is 16.3 Å². The predicted octanol–water partition coefficient (Wildman–Crippen LogP) is 2.96. The number of hydrogen-bond acceptors (Lipinski definition) is 4. The number of carbonyl (C=O) groups is 1. The smallest absolute Gasteiger partial charge is 0.339 e. The molecule has 0 heterocycles. The van der Waals surface area contributed by atoms with Crippen LogP contribution >= 0.6 is 11.6 Å². The fraction of sp³-hybridized carbons (Fsp3) is 0.462. The lowest BCUT2D eigenvalue weighted by atomic mass is 10.1. The van der Waals surface area contributed by atoms with Gasteiger partial charge in [-0.1, -0.05) is 11.6 Å². The Morgan fingerprint density at radius 2 is 2.00 bits per heavy atom. The minimum absolute atomic E-state index is 0.0576. The maximum atomic E-state index is 11.5. The van der Waals surface area contributed by atoms with Crippen molar-refractivity contribution in [2.75, 3.05) is 19.5 Å². The number of ether oxygens (including phenoxy) is 2. The van der Waals surface area contributed by atoms with Gasteiger partial charge < -0.3 is 14.8 Å². The van der Waals surface area contributed by atoms with Gasteiger partial charge in [0.05, 0.1) is 23.8 Å². The number of carbonyl (C=O) groups excluding carboxylic acids is 1. The molecule has 0 radical (unpaired) electrons. The molecule has 18 heavy (non-hydrogen) atoms. The van der Waals surface area contributed by atoms with Gasteiger partial charge in [-0.05, 0) is 32.0 Å². The number of rotatable bonds is 5. The van der Waals surface area contributed by atoms with Gasteiger partial charge in [-0.3, -0.25) is 0 Å². The summed E-state index contributed by atoms with van der Waals surface area (Å²) in [6.45, 7) is 3.97. The van der Waals surface area contributed by atoms with Crippen LogP contribution in [0.25, 0.3) is 0 Å². The van der Waals surface area contributed by atoms with Crippen molar-refractivity contribution in [1.29, 1.82) is 0 Å². The molecule has 0 aliphatic rings. The van der Waals surface area contributed by atoms with Crippen molar-refractivity contribution in [2.45, 2.75) is 26.0 Å². The lowest BCUT2D eigenvalue weighted by Gasteiger charge is -2.21. The molecule has 0 fully saturated rings. The molecule has 0 spiro atoms. The van der Waals surface area contributed by atoms with Gasteiger partial charge in [-0.25, -0.2) is 4.79 Å². The number of benzene rings is 1. The zero-order chi connectivity index (χ0) is 13.7. The second-order valence-electron chi connectivity index (χ2n) is 4.06. The molecule has 0 aliphatic carbocycles. The highest BCUT2D eigenvalue weighted by molar-refractivity contribution is 6.33. The molecule has 4 nitrogen and oxygen atoms in total. The average Bonchev–Trinajstić information content (AvgIpc) is 2.38. The summed E-state index contributed by atoms with van der Waals surface area (Å²) < 4.78 is 9.90. The van der Waals surface area contributed by atoms with E-state index in [0.717, 1.165) is 5.69 Å². The first-order valence-electron chi connectivity index (χ1n) is 5.66. The van der Waals surface area contributed by atoms with Crippen molar-refractivity contribution >= 4 is 23.3 Å². The number of hydrogen-bond donors (Lipinski definition) is 1. The van der Waals surface area contributed by atoms with Crippen LogP contribution in [0.5, 0.6) is 0 Å². The second kappa shape index (κ2) is 6.61. The van der Waals surface area contributed by atoms with Gasteiger partial charge in [-0.2, -0.15) is 0 Å². The molecule has 2 atom stereocenters. The Kier molecular flexibility index (Phi) is 5.44. The molecule has 1 aromatic rings. The van der Waals surface area contributed by atoms with Crippen LogP contribution < -0.4 is 5.32 Å². The van der Waals surface area contributed by atoms with Crippen LogP contribution in [-0.4, -0.2) is 32.3 Å². The summed E-state index contributed by atoms with van der Waals surface area (Å²) in [5.74, 6) is -0.448. The van der Waals surface area contributed by atoms with Crippen LogP contribution in [0.4, 0.5) is 5.69 Å². The van der Waals surface area contributed by atoms with Crippen molar-refractivity contribution < 1.29 is 14.3 Å². The van der Waals surface area contributed by atoms with E-state index >= 15 is 0 Å². The molecule has 0 aliphatic heterocycles. The van der Waals surface area contributed by atoms with Gasteiger partial charge >= 0.3 is 5.97 Å². The maximum Gasteiger partial charge on any atom is 0.339 e. The Morgan fingerprint density at radius 1 is 1.33 bits per heavy atom. The lowest BCUT2D eigenvalue weighted by molar-refractivity contribution is 0.0601. The fourth-order valence-electron chi connectivity index (χ4n) is 1.47. The summed E-state index contributed by atoms with van der Waals surface area (Å²) in [4.78, 5) is 11.5. The SMILES string of the molecule is COC(=O)c1cc(NC(C)C(C)OC)ccc1Cl. The molecule has 5 heteroatoms. The van der Waals surface area contributed by atoms with Gasteiger partial charge in [0.25, 0.3) is 0 Å². The number of halogens is 1. The molecule has 0 bridgehead atoms. The number of anilines is 1. The Balaban J connectivity index is 2.88. The van der Waals surface area contributed by atoms with Crippen LogP contribution in [-0.2, 0) is 9.47 Å². The average molecular weight is 272 g/mol. The molecule has 1 N–H and O–H groups in total. The first-order valence-corrected chi connectivity index (χ1v) is 6.04. The van der Waals surface area contributed by atoms with Gasteiger partial charge in [0.15, 0.2) is 0 Å². The van der Waals surface area contributed by atoms with E-state index in [1.165, 1.54) is 7.11 Å². The van der Waals surface area contributed by atoms with Crippen molar-refractivity contribution in [3.8, 4) is 0 Å². The predicted molar refractivity (Wildman–Crippen MR) is 72.3 cm³/mol. The third kappa shape index (κ3) is 3.62. The van der Waals surface area contributed by atoms with E-state index in [-0.39, 0.29) is 12.1 Å². The maximum absolute atomic E-state index is 11.5. The van der Waals surface area contributed by atoms with Gasteiger partial charge in [0, 0.05) is 18.8 Å². The summed E-state index contributed by atoms with van der Waals surface area (Å²) in [7, 11) is 2.99. The zero-order valence-electron chi connectivity index (χ0n) is 11.0. The normalized spacial score (nSPS) is 13.8. The molecular formula is C13H18ClNO3. The molecule has 1 aromatic carbocycles. The van der Waals surface area contributed by atoms with Crippen molar-refractivity contribution in [1.82, 2.24) is 0 Å². The molecule has 2 unspecified atom stereocenters. The quantitative estimate of drug-likeness (QED) is 0.837. The summed E-state index contributed by atoms with van der Waals surface area (Å²) in [6, 6.07) is 5.27. The molecule has 0 saturated heterocycles. The van der Waals surface area contributed by atoms with Crippen molar-refractivity contribution in [3.05, 3.63) is 28.8 Å². The van der Waals surface area contributed by atoms with Crippen molar-refractivity contribution in [2.24, 2.45) is 0 Å². The Hall–Kier alpha value is -1.26. The first kappa shape index (κ1) is 14.8. The largest absolute Gasteiger partial charge is 0.465 e. The van der Waals surface area contributed by atoms with E-state index in [2.05, 4.69) is 10.1 Å². The zero-order valence-corrected chi connectivity index (χ0v) is 11.7. The van der Waals surface area contributed by atoms with E-state index in [0.29, 0.717) is 10.6 Å². The number of methoxy groups -OCH3 is 2. The van der Waals surface area contributed by atoms with E-state index in [1.807, 2.05) is 19.9 Å². The highest BCUT2D eigenvalue weighted by Crippen LogP contribution is 2.22. The van der Waals surface area contributed by atoms with E-state index in [1.54, 1.807) is 19.2 Å². The molecule has 0 amide bonds. The monoisotopic (exact) mass is 271 g/mol. The lowest BCUT2D eigenvalue weighted by Crippen LogP contribution is -2.29. The molecular weight excluding hydrogens is 254 g/mol. The summed E-state index contributed by atoms with van der Waals surface area (Å²) in [5, 5.41) is 3.62. The highest BCUT2D eigenvalue weighted by atomic mass is 35.5. The van der Waals surface area contributed by atoms with Crippen LogP contribution in [0.3, 0.4) is 0 Å². The van der Waals surface area contributed by atoms with Crippen LogP contribution in [0.15, 0.2) is 18.2 Å². The molecule has 0 aromatic heterocycles.